The Kier molecular flexibility index (Phi) is 5.68. The van der Waals surface area contributed by atoms with Crippen molar-refractivity contribution in [2.24, 2.45) is 11.3 Å². The lowest BCUT2D eigenvalue weighted by molar-refractivity contribution is -0.153. The van der Waals surface area contributed by atoms with E-state index in [1.54, 1.807) is 25.1 Å². The van der Waals surface area contributed by atoms with Crippen molar-refractivity contribution in [3.05, 3.63) is 35.0 Å². The van der Waals surface area contributed by atoms with E-state index in [0.29, 0.717) is 41.2 Å². The lowest BCUT2D eigenvalue weighted by atomic mass is 9.67. The summed E-state index contributed by atoms with van der Waals surface area (Å²) < 4.78 is 15.9. The predicted octanol–water partition coefficient (Wildman–Crippen LogP) is 2.74. The maximum atomic E-state index is 13.1. The van der Waals surface area contributed by atoms with E-state index in [2.05, 4.69) is 5.32 Å². The maximum Gasteiger partial charge on any atom is 0.319 e. The molecule has 0 aromatic heterocycles. The first kappa shape index (κ1) is 20.9. The van der Waals surface area contributed by atoms with E-state index in [4.69, 9.17) is 14.2 Å². The van der Waals surface area contributed by atoms with E-state index in [1.807, 2.05) is 13.8 Å². The van der Waals surface area contributed by atoms with Crippen molar-refractivity contribution in [2.75, 3.05) is 20.8 Å². The molecule has 1 heterocycles. The average Bonchev–Trinajstić information content (AvgIpc) is 2.65. The Morgan fingerprint density at radius 2 is 1.83 bits per heavy atom. The van der Waals surface area contributed by atoms with E-state index in [9.17, 15) is 14.4 Å². The number of carbonyl (C=O) groups is 3. The van der Waals surface area contributed by atoms with Crippen LogP contribution in [0.2, 0.25) is 0 Å². The van der Waals surface area contributed by atoms with Gasteiger partial charge in [0.15, 0.2) is 17.3 Å². The summed E-state index contributed by atoms with van der Waals surface area (Å²) in [4.78, 5) is 38.8. The Morgan fingerprint density at radius 3 is 2.45 bits per heavy atom. The fourth-order valence-electron chi connectivity index (χ4n) is 4.23. The number of methoxy groups -OCH3 is 2. The molecule has 1 aliphatic carbocycles. The summed E-state index contributed by atoms with van der Waals surface area (Å²) >= 11 is 0. The number of hydrogen-bond donors (Lipinski definition) is 1. The quantitative estimate of drug-likeness (QED) is 0.603. The van der Waals surface area contributed by atoms with Gasteiger partial charge in [-0.25, -0.2) is 0 Å². The van der Waals surface area contributed by atoms with Crippen LogP contribution in [-0.2, 0) is 19.1 Å². The average molecular weight is 401 g/mol. The molecule has 0 radical (unpaired) electrons. The van der Waals surface area contributed by atoms with Crippen LogP contribution in [-0.4, -0.2) is 38.5 Å². The highest BCUT2D eigenvalue weighted by molar-refractivity contribution is 6.08. The van der Waals surface area contributed by atoms with Gasteiger partial charge in [0.2, 0.25) is 5.91 Å². The molecular weight excluding hydrogens is 374 g/mol. The van der Waals surface area contributed by atoms with E-state index >= 15 is 0 Å². The van der Waals surface area contributed by atoms with Gasteiger partial charge in [-0.2, -0.15) is 0 Å². The second kappa shape index (κ2) is 7.89. The fourth-order valence-corrected chi connectivity index (χ4v) is 4.23. The lowest BCUT2D eigenvalue weighted by Crippen LogP contribution is -2.49. The SMILES string of the molecule is CCOC(=O)C1C(=O)NC2=C(C(=O)CC(C)(C)C2)C1c1ccc(OC)c(OC)c1. The van der Waals surface area contributed by atoms with E-state index in [0.717, 1.165) is 0 Å². The minimum atomic E-state index is -1.14. The Bertz CT molecular complexity index is 885. The zero-order valence-corrected chi connectivity index (χ0v) is 17.5. The number of nitrogens with one attached hydrogen (secondary N) is 1. The largest absolute Gasteiger partial charge is 0.493 e. The topological polar surface area (TPSA) is 90.9 Å². The van der Waals surface area contributed by atoms with Crippen molar-refractivity contribution in [3.8, 4) is 11.5 Å². The van der Waals surface area contributed by atoms with Gasteiger partial charge in [0.1, 0.15) is 5.92 Å². The molecule has 0 saturated heterocycles. The molecular formula is C22H27NO6. The molecule has 156 valence electrons. The second-order valence-corrected chi connectivity index (χ2v) is 8.14. The zero-order chi connectivity index (χ0) is 21.3. The molecule has 2 unspecified atom stereocenters. The number of ketones is 1. The van der Waals surface area contributed by atoms with Gasteiger partial charge in [-0.1, -0.05) is 19.9 Å². The first-order valence-electron chi connectivity index (χ1n) is 9.68. The van der Waals surface area contributed by atoms with Gasteiger partial charge in [0.05, 0.1) is 20.8 Å². The summed E-state index contributed by atoms with van der Waals surface area (Å²) in [6, 6.07) is 5.18. The van der Waals surface area contributed by atoms with Gasteiger partial charge in [0.25, 0.3) is 0 Å². The third-order valence-electron chi connectivity index (χ3n) is 5.43. The Morgan fingerprint density at radius 1 is 1.14 bits per heavy atom. The zero-order valence-electron chi connectivity index (χ0n) is 17.5. The standard InChI is InChI=1S/C22H27NO6/c1-6-29-21(26)19-17(12-7-8-15(27-4)16(9-12)28-5)18-13(23-20(19)25)10-22(2,3)11-14(18)24/h7-9,17,19H,6,10-11H2,1-5H3,(H,23,25). The van der Waals surface area contributed by atoms with Crippen LogP contribution in [0.25, 0.3) is 0 Å². The van der Waals surface area contributed by atoms with Crippen molar-refractivity contribution >= 4 is 17.7 Å². The van der Waals surface area contributed by atoms with Gasteiger partial charge >= 0.3 is 5.97 Å². The van der Waals surface area contributed by atoms with E-state index in [-0.39, 0.29) is 17.8 Å². The van der Waals surface area contributed by atoms with Crippen LogP contribution >= 0.6 is 0 Å². The highest BCUT2D eigenvalue weighted by Crippen LogP contribution is 2.47. The van der Waals surface area contributed by atoms with Crippen molar-refractivity contribution in [3.63, 3.8) is 0 Å². The van der Waals surface area contributed by atoms with Crippen molar-refractivity contribution in [1.82, 2.24) is 5.32 Å². The van der Waals surface area contributed by atoms with Gasteiger partial charge in [-0.3, -0.25) is 14.4 Å². The molecule has 1 aliphatic heterocycles. The second-order valence-electron chi connectivity index (χ2n) is 8.14. The Labute approximate surface area is 170 Å². The predicted molar refractivity (Wildman–Crippen MR) is 106 cm³/mol. The first-order valence-corrected chi connectivity index (χ1v) is 9.68. The Balaban J connectivity index is 2.19. The molecule has 2 aliphatic rings. The lowest BCUT2D eigenvalue weighted by Gasteiger charge is -2.40. The molecule has 0 saturated carbocycles. The third-order valence-corrected chi connectivity index (χ3v) is 5.43. The monoisotopic (exact) mass is 401 g/mol. The van der Waals surface area contributed by atoms with Crippen LogP contribution in [0.5, 0.6) is 11.5 Å². The minimum Gasteiger partial charge on any atom is -0.493 e. The number of Topliss-reactive ketones (excluding diaryl/α,β-unsaturated/α-hetero) is 1. The normalized spacial score (nSPS) is 23.2. The summed E-state index contributed by atoms with van der Waals surface area (Å²) in [6.07, 6.45) is 0.903. The number of hydrogen-bond acceptors (Lipinski definition) is 6. The van der Waals surface area contributed by atoms with Crippen LogP contribution in [0.3, 0.4) is 0 Å². The molecule has 0 fully saturated rings. The number of amides is 1. The highest BCUT2D eigenvalue weighted by atomic mass is 16.5. The number of carbonyl (C=O) groups excluding carboxylic acids is 3. The molecule has 1 aromatic carbocycles. The third kappa shape index (κ3) is 3.86. The minimum absolute atomic E-state index is 0.0645. The Hall–Kier alpha value is -2.83. The van der Waals surface area contributed by atoms with Crippen LogP contribution < -0.4 is 14.8 Å². The summed E-state index contributed by atoms with van der Waals surface area (Å²) in [7, 11) is 3.04. The number of esters is 1. The van der Waals surface area contributed by atoms with Crippen LogP contribution in [0, 0.1) is 11.3 Å². The van der Waals surface area contributed by atoms with Gasteiger partial charge in [0, 0.05) is 23.6 Å². The molecule has 7 heteroatoms. The van der Waals surface area contributed by atoms with Crippen molar-refractivity contribution in [1.29, 1.82) is 0 Å². The van der Waals surface area contributed by atoms with Crippen molar-refractivity contribution in [2.45, 2.75) is 39.5 Å². The smallest absolute Gasteiger partial charge is 0.319 e. The number of allylic oxidation sites excluding steroid dienone is 2. The fraction of sp³-hybridized carbons (Fsp3) is 0.500. The van der Waals surface area contributed by atoms with E-state index in [1.165, 1.54) is 14.2 Å². The summed E-state index contributed by atoms with van der Waals surface area (Å²) in [5, 5.41) is 2.81. The number of rotatable bonds is 5. The summed E-state index contributed by atoms with van der Waals surface area (Å²) in [5.41, 5.74) is 1.45. The molecule has 3 rings (SSSR count). The summed E-state index contributed by atoms with van der Waals surface area (Å²) in [5.74, 6) is -2.05. The summed E-state index contributed by atoms with van der Waals surface area (Å²) in [6.45, 7) is 5.81. The first-order chi connectivity index (χ1) is 13.7. The molecule has 7 nitrogen and oxygen atoms in total. The molecule has 0 spiro atoms. The van der Waals surface area contributed by atoms with Gasteiger partial charge in [-0.15, -0.1) is 0 Å². The number of ether oxygens (including phenoxy) is 3. The number of benzene rings is 1. The molecule has 2 atom stereocenters. The van der Waals surface area contributed by atoms with Crippen LogP contribution in [0.4, 0.5) is 0 Å². The molecule has 1 aromatic rings. The maximum absolute atomic E-state index is 13.1. The van der Waals surface area contributed by atoms with Gasteiger partial charge in [-0.05, 0) is 36.5 Å². The molecule has 29 heavy (non-hydrogen) atoms. The molecule has 1 amide bonds. The van der Waals surface area contributed by atoms with E-state index < -0.39 is 23.7 Å². The highest BCUT2D eigenvalue weighted by Gasteiger charge is 2.49. The van der Waals surface area contributed by atoms with Crippen LogP contribution in [0.1, 0.15) is 45.1 Å². The van der Waals surface area contributed by atoms with Crippen molar-refractivity contribution < 1.29 is 28.6 Å². The van der Waals surface area contributed by atoms with Gasteiger partial charge < -0.3 is 19.5 Å². The molecule has 0 bridgehead atoms. The van der Waals surface area contributed by atoms with Crippen LogP contribution in [0.15, 0.2) is 29.5 Å². The molecule has 1 N–H and O–H groups in total.